The second kappa shape index (κ2) is 5.29. The highest BCUT2D eigenvalue weighted by molar-refractivity contribution is 5.51. The van der Waals surface area contributed by atoms with E-state index in [0.717, 1.165) is 18.7 Å². The van der Waals surface area contributed by atoms with Gasteiger partial charge in [0, 0.05) is 36.8 Å². The second-order valence-corrected chi connectivity index (χ2v) is 4.46. The van der Waals surface area contributed by atoms with Gasteiger partial charge in [0.15, 0.2) is 0 Å². The lowest BCUT2D eigenvalue weighted by Gasteiger charge is -2.33. The molecule has 1 heterocycles. The molecule has 0 aliphatic carbocycles. The number of hydrogen-bond acceptors (Lipinski definition) is 3. The fraction of sp³-hybridized carbons (Fsp3) is 0.500. The highest BCUT2D eigenvalue weighted by Gasteiger charge is 2.27. The Bertz CT molecular complexity index is 423. The molecule has 0 spiro atoms. The molecule has 1 atom stereocenters. The molecule has 0 bridgehead atoms. The van der Waals surface area contributed by atoms with Crippen LogP contribution in [0.25, 0.3) is 0 Å². The van der Waals surface area contributed by atoms with Gasteiger partial charge in [-0.05, 0) is 25.0 Å². The minimum atomic E-state index is -2.30. The number of alkyl halides is 2. The molecule has 0 amide bonds. The fourth-order valence-electron chi connectivity index (χ4n) is 2.24. The van der Waals surface area contributed by atoms with Crippen LogP contribution < -0.4 is 4.90 Å². The maximum atomic E-state index is 12.7. The first-order valence-electron chi connectivity index (χ1n) is 5.85. The molecule has 2 rings (SSSR count). The molecule has 98 valence electrons. The van der Waals surface area contributed by atoms with Crippen LogP contribution in [-0.4, -0.2) is 24.4 Å². The smallest absolute Gasteiger partial charge is 0.269 e. The van der Waals surface area contributed by atoms with E-state index in [4.69, 9.17) is 0 Å². The topological polar surface area (TPSA) is 46.4 Å². The molecule has 1 aromatic carbocycles. The Labute approximate surface area is 103 Å². The molecule has 0 radical (unpaired) electrons. The van der Waals surface area contributed by atoms with Crippen molar-refractivity contribution in [3.8, 4) is 0 Å². The van der Waals surface area contributed by atoms with E-state index >= 15 is 0 Å². The lowest BCUT2D eigenvalue weighted by atomic mass is 9.98. The van der Waals surface area contributed by atoms with Gasteiger partial charge in [0.1, 0.15) is 0 Å². The monoisotopic (exact) mass is 256 g/mol. The van der Waals surface area contributed by atoms with Crippen LogP contribution in [0, 0.1) is 16.0 Å². The van der Waals surface area contributed by atoms with Gasteiger partial charge in [-0.25, -0.2) is 8.78 Å². The van der Waals surface area contributed by atoms with Crippen LogP contribution in [0.2, 0.25) is 0 Å². The third-order valence-electron chi connectivity index (χ3n) is 3.24. The molecule has 18 heavy (non-hydrogen) atoms. The Balaban J connectivity index is 2.09. The zero-order chi connectivity index (χ0) is 13.1. The van der Waals surface area contributed by atoms with Gasteiger partial charge in [-0.1, -0.05) is 0 Å². The maximum absolute atomic E-state index is 12.7. The first-order valence-corrected chi connectivity index (χ1v) is 5.85. The average Bonchev–Trinajstić information content (AvgIpc) is 2.39. The molecule has 1 saturated heterocycles. The predicted octanol–water partition coefficient (Wildman–Crippen LogP) is 3.08. The Kier molecular flexibility index (Phi) is 3.74. The van der Waals surface area contributed by atoms with Crippen molar-refractivity contribution >= 4 is 11.4 Å². The molecule has 1 aliphatic heterocycles. The molecule has 0 N–H and O–H groups in total. The van der Waals surface area contributed by atoms with Crippen LogP contribution in [0.15, 0.2) is 24.3 Å². The summed E-state index contributed by atoms with van der Waals surface area (Å²) in [4.78, 5) is 11.9. The normalized spacial score (nSPS) is 20.2. The molecule has 0 aromatic heterocycles. The predicted molar refractivity (Wildman–Crippen MR) is 64.0 cm³/mol. The van der Waals surface area contributed by atoms with Gasteiger partial charge in [0.25, 0.3) is 5.69 Å². The van der Waals surface area contributed by atoms with E-state index in [1.165, 1.54) is 12.1 Å². The van der Waals surface area contributed by atoms with Gasteiger partial charge in [-0.3, -0.25) is 10.1 Å². The van der Waals surface area contributed by atoms with Crippen molar-refractivity contribution in [3.05, 3.63) is 34.4 Å². The number of non-ortho nitro benzene ring substituents is 1. The largest absolute Gasteiger partial charge is 0.371 e. The molecule has 4 nitrogen and oxygen atoms in total. The minimum Gasteiger partial charge on any atom is -0.371 e. The summed E-state index contributed by atoms with van der Waals surface area (Å²) in [6, 6.07) is 6.04. The Morgan fingerprint density at radius 1 is 1.33 bits per heavy atom. The van der Waals surface area contributed by atoms with Crippen molar-refractivity contribution in [2.24, 2.45) is 5.92 Å². The van der Waals surface area contributed by atoms with Crippen molar-refractivity contribution in [3.63, 3.8) is 0 Å². The van der Waals surface area contributed by atoms with E-state index < -0.39 is 17.3 Å². The van der Waals surface area contributed by atoms with Crippen LogP contribution in [0.5, 0.6) is 0 Å². The lowest BCUT2D eigenvalue weighted by molar-refractivity contribution is -0.384. The molecule has 1 aromatic rings. The van der Waals surface area contributed by atoms with Gasteiger partial charge in [-0.15, -0.1) is 0 Å². The molecule has 0 saturated carbocycles. The molecular formula is C12H14F2N2O2. The van der Waals surface area contributed by atoms with Gasteiger partial charge in [0.05, 0.1) is 4.92 Å². The lowest BCUT2D eigenvalue weighted by Crippen LogP contribution is -2.38. The number of nitro groups is 1. The number of piperidine rings is 1. The summed E-state index contributed by atoms with van der Waals surface area (Å²) in [5.41, 5.74) is 0.784. The zero-order valence-corrected chi connectivity index (χ0v) is 9.76. The molecule has 1 aliphatic rings. The highest BCUT2D eigenvalue weighted by atomic mass is 19.3. The summed E-state index contributed by atoms with van der Waals surface area (Å²) in [5.74, 6) is -0.603. The first-order chi connectivity index (χ1) is 8.58. The van der Waals surface area contributed by atoms with E-state index in [9.17, 15) is 18.9 Å². The van der Waals surface area contributed by atoms with Crippen molar-refractivity contribution < 1.29 is 13.7 Å². The number of hydrogen-bond donors (Lipinski definition) is 0. The Hall–Kier alpha value is -1.72. The molecule has 1 fully saturated rings. The summed E-state index contributed by atoms with van der Waals surface area (Å²) in [6.45, 7) is 1.04. The summed E-state index contributed by atoms with van der Waals surface area (Å²) < 4.78 is 25.3. The van der Waals surface area contributed by atoms with E-state index in [1.54, 1.807) is 12.1 Å². The molecule has 1 unspecified atom stereocenters. The van der Waals surface area contributed by atoms with Gasteiger partial charge >= 0.3 is 0 Å². The van der Waals surface area contributed by atoms with Crippen molar-refractivity contribution in [1.29, 1.82) is 0 Å². The van der Waals surface area contributed by atoms with E-state index in [2.05, 4.69) is 0 Å². The van der Waals surface area contributed by atoms with Crippen LogP contribution in [-0.2, 0) is 0 Å². The molecule has 6 heteroatoms. The van der Waals surface area contributed by atoms with E-state index in [1.807, 2.05) is 4.90 Å². The van der Waals surface area contributed by atoms with Crippen molar-refractivity contribution in [2.45, 2.75) is 19.3 Å². The number of benzene rings is 1. The highest BCUT2D eigenvalue weighted by Crippen LogP contribution is 2.27. The van der Waals surface area contributed by atoms with E-state index in [-0.39, 0.29) is 5.69 Å². The average molecular weight is 256 g/mol. The number of halogens is 2. The number of anilines is 1. The first kappa shape index (κ1) is 12.7. The second-order valence-electron chi connectivity index (χ2n) is 4.46. The van der Waals surface area contributed by atoms with Gasteiger partial charge in [0.2, 0.25) is 6.43 Å². The van der Waals surface area contributed by atoms with Crippen molar-refractivity contribution in [2.75, 3.05) is 18.0 Å². The van der Waals surface area contributed by atoms with Gasteiger partial charge in [-0.2, -0.15) is 0 Å². The fourth-order valence-corrected chi connectivity index (χ4v) is 2.24. The standard InChI is InChI=1S/C12H14F2N2O2/c13-12(14)9-2-1-7-15(8-9)10-3-5-11(6-4-10)16(17)18/h3-6,9,12H,1-2,7-8H2. The zero-order valence-electron chi connectivity index (χ0n) is 9.76. The van der Waals surface area contributed by atoms with E-state index in [0.29, 0.717) is 13.0 Å². The van der Waals surface area contributed by atoms with Gasteiger partial charge < -0.3 is 4.90 Å². The minimum absolute atomic E-state index is 0.0150. The maximum Gasteiger partial charge on any atom is 0.269 e. The van der Waals surface area contributed by atoms with Crippen LogP contribution in [0.3, 0.4) is 0 Å². The number of nitrogens with zero attached hydrogens (tertiary/aromatic N) is 2. The van der Waals surface area contributed by atoms with Crippen molar-refractivity contribution in [1.82, 2.24) is 0 Å². The summed E-state index contributed by atoms with van der Waals surface area (Å²) in [7, 11) is 0. The number of rotatable bonds is 3. The van der Waals surface area contributed by atoms with Crippen LogP contribution >= 0.6 is 0 Å². The third kappa shape index (κ3) is 2.75. The molecular weight excluding hydrogens is 242 g/mol. The summed E-state index contributed by atoms with van der Waals surface area (Å²) in [6.07, 6.45) is -1.03. The SMILES string of the molecule is O=[N+]([O-])c1ccc(N2CCCC(C(F)F)C2)cc1. The third-order valence-corrected chi connectivity index (χ3v) is 3.24. The van der Waals surface area contributed by atoms with Crippen LogP contribution in [0.4, 0.5) is 20.2 Å². The number of nitro benzene ring substituents is 1. The summed E-state index contributed by atoms with van der Waals surface area (Å²) in [5, 5.41) is 10.5. The quantitative estimate of drug-likeness (QED) is 0.616. The Morgan fingerprint density at radius 2 is 2.00 bits per heavy atom. The summed E-state index contributed by atoms with van der Waals surface area (Å²) >= 11 is 0. The van der Waals surface area contributed by atoms with Crippen LogP contribution in [0.1, 0.15) is 12.8 Å². The Morgan fingerprint density at radius 3 is 2.56 bits per heavy atom.